The first kappa shape index (κ1) is 17.2. The molecule has 0 aromatic carbocycles. The van der Waals surface area contributed by atoms with Gasteiger partial charge in [0, 0.05) is 51.0 Å². The summed E-state index contributed by atoms with van der Waals surface area (Å²) in [5.74, 6) is 0.619. The van der Waals surface area contributed by atoms with Crippen LogP contribution in [0.4, 0.5) is 0 Å². The summed E-state index contributed by atoms with van der Waals surface area (Å²) in [5, 5.41) is 3.32. The first-order chi connectivity index (χ1) is 10.3. The van der Waals surface area contributed by atoms with Gasteiger partial charge < -0.3 is 10.2 Å². The molecule has 2 saturated heterocycles. The maximum absolute atomic E-state index is 12.5. The fourth-order valence-electron chi connectivity index (χ4n) is 3.20. The molecule has 0 atom stereocenters. The van der Waals surface area contributed by atoms with Crippen molar-refractivity contribution in [2.24, 2.45) is 5.92 Å². The Kier molecular flexibility index (Phi) is 6.61. The fourth-order valence-corrected chi connectivity index (χ4v) is 3.20. The van der Waals surface area contributed by atoms with Gasteiger partial charge in [0.15, 0.2) is 0 Å². The van der Waals surface area contributed by atoms with E-state index in [-0.39, 0.29) is 18.3 Å². The largest absolute Gasteiger partial charge is 0.340 e. The highest BCUT2D eigenvalue weighted by Crippen LogP contribution is 2.17. The smallest absolute Gasteiger partial charge is 0.225 e. The molecular weight excluding hydrogens is 300 g/mol. The molecule has 3 rings (SSSR count). The number of halogens is 1. The molecule has 2 aliphatic heterocycles. The van der Waals surface area contributed by atoms with Crippen LogP contribution in [0.3, 0.4) is 0 Å². The molecule has 3 heterocycles. The first-order valence-electron chi connectivity index (χ1n) is 7.94. The molecule has 1 aromatic heterocycles. The average molecular weight is 325 g/mol. The minimum Gasteiger partial charge on any atom is -0.340 e. The number of piperazine rings is 1. The second kappa shape index (κ2) is 8.46. The van der Waals surface area contributed by atoms with E-state index in [0.717, 1.165) is 58.7 Å². The number of pyridine rings is 1. The monoisotopic (exact) mass is 324 g/mol. The molecule has 0 spiro atoms. The molecule has 2 aliphatic rings. The van der Waals surface area contributed by atoms with E-state index in [9.17, 15) is 4.79 Å². The number of hydrogen-bond donors (Lipinski definition) is 1. The number of rotatable bonds is 3. The molecule has 122 valence electrons. The summed E-state index contributed by atoms with van der Waals surface area (Å²) < 4.78 is 0. The van der Waals surface area contributed by atoms with E-state index in [4.69, 9.17) is 0 Å². The number of piperidine rings is 1. The predicted molar refractivity (Wildman–Crippen MR) is 88.9 cm³/mol. The lowest BCUT2D eigenvalue weighted by molar-refractivity contribution is -0.138. The lowest BCUT2D eigenvalue weighted by Crippen LogP contribution is -2.51. The molecule has 5 nitrogen and oxygen atoms in total. The fraction of sp³-hybridized carbons (Fsp3) is 0.625. The van der Waals surface area contributed by atoms with Gasteiger partial charge in [0.1, 0.15) is 0 Å². The van der Waals surface area contributed by atoms with E-state index < -0.39 is 0 Å². The number of amides is 1. The van der Waals surface area contributed by atoms with E-state index in [2.05, 4.69) is 26.2 Å². The van der Waals surface area contributed by atoms with Crippen LogP contribution in [0.5, 0.6) is 0 Å². The molecule has 0 saturated carbocycles. The number of aromatic nitrogens is 1. The van der Waals surface area contributed by atoms with Gasteiger partial charge >= 0.3 is 0 Å². The van der Waals surface area contributed by atoms with Gasteiger partial charge in [0.25, 0.3) is 0 Å². The van der Waals surface area contributed by atoms with Gasteiger partial charge in [-0.15, -0.1) is 12.4 Å². The highest BCUT2D eigenvalue weighted by molar-refractivity contribution is 5.85. The third kappa shape index (κ3) is 4.41. The maximum atomic E-state index is 12.5. The molecule has 6 heteroatoms. The van der Waals surface area contributed by atoms with Crippen LogP contribution >= 0.6 is 12.4 Å². The lowest BCUT2D eigenvalue weighted by Gasteiger charge is -2.37. The van der Waals surface area contributed by atoms with Crippen molar-refractivity contribution >= 4 is 18.3 Å². The predicted octanol–water partition coefficient (Wildman–Crippen LogP) is 1.15. The Balaban J connectivity index is 0.00000176. The highest BCUT2D eigenvalue weighted by atomic mass is 35.5. The van der Waals surface area contributed by atoms with Crippen molar-refractivity contribution in [1.82, 2.24) is 20.1 Å². The molecular formula is C16H25ClN4O. The third-order valence-corrected chi connectivity index (χ3v) is 4.50. The lowest BCUT2D eigenvalue weighted by atomic mass is 9.96. The molecule has 22 heavy (non-hydrogen) atoms. The third-order valence-electron chi connectivity index (χ3n) is 4.50. The van der Waals surface area contributed by atoms with Crippen LogP contribution in [0.25, 0.3) is 0 Å². The van der Waals surface area contributed by atoms with Crippen molar-refractivity contribution < 1.29 is 4.79 Å². The summed E-state index contributed by atoms with van der Waals surface area (Å²) in [6.45, 7) is 6.56. The van der Waals surface area contributed by atoms with E-state index in [1.54, 1.807) is 6.20 Å². The molecule has 0 radical (unpaired) electrons. The summed E-state index contributed by atoms with van der Waals surface area (Å²) in [5.41, 5.74) is 1.25. The van der Waals surface area contributed by atoms with Crippen LogP contribution in [0.2, 0.25) is 0 Å². The first-order valence-corrected chi connectivity index (χ1v) is 7.94. The van der Waals surface area contributed by atoms with Gasteiger partial charge in [0.2, 0.25) is 5.91 Å². The number of carbonyl (C=O) groups is 1. The summed E-state index contributed by atoms with van der Waals surface area (Å²) in [6, 6.07) is 4.09. The van der Waals surface area contributed by atoms with Crippen molar-refractivity contribution in [3.05, 3.63) is 30.1 Å². The molecule has 1 amide bonds. The van der Waals surface area contributed by atoms with Crippen molar-refractivity contribution in [2.45, 2.75) is 19.4 Å². The number of carbonyl (C=O) groups excluding carboxylic acids is 1. The molecule has 0 aliphatic carbocycles. The Morgan fingerprint density at radius 2 is 1.95 bits per heavy atom. The molecule has 2 fully saturated rings. The van der Waals surface area contributed by atoms with Gasteiger partial charge in [0.05, 0.1) is 0 Å². The van der Waals surface area contributed by atoms with Crippen molar-refractivity contribution in [3.8, 4) is 0 Å². The average Bonchev–Trinajstić information content (AvgIpc) is 2.57. The van der Waals surface area contributed by atoms with Gasteiger partial charge in [-0.1, -0.05) is 6.07 Å². The molecule has 1 aromatic rings. The van der Waals surface area contributed by atoms with Gasteiger partial charge in [-0.3, -0.25) is 14.7 Å². The Labute approximate surface area is 138 Å². The Morgan fingerprint density at radius 3 is 2.59 bits per heavy atom. The van der Waals surface area contributed by atoms with E-state index in [1.165, 1.54) is 5.56 Å². The van der Waals surface area contributed by atoms with Gasteiger partial charge in [-0.25, -0.2) is 0 Å². The van der Waals surface area contributed by atoms with E-state index in [0.29, 0.717) is 5.91 Å². The molecule has 0 unspecified atom stereocenters. The number of nitrogens with one attached hydrogen (secondary N) is 1. The van der Waals surface area contributed by atoms with E-state index in [1.807, 2.05) is 12.3 Å². The summed E-state index contributed by atoms with van der Waals surface area (Å²) in [4.78, 5) is 21.1. The van der Waals surface area contributed by atoms with Crippen LogP contribution < -0.4 is 5.32 Å². The Morgan fingerprint density at radius 1 is 1.23 bits per heavy atom. The zero-order valence-corrected chi connectivity index (χ0v) is 13.7. The Hall–Kier alpha value is -1.17. The SMILES string of the molecule is Cl.O=C(C1CCNCC1)N1CCN(Cc2cccnc2)CC1. The zero-order chi connectivity index (χ0) is 14.5. The van der Waals surface area contributed by atoms with Gasteiger partial charge in [-0.2, -0.15) is 0 Å². The second-order valence-electron chi connectivity index (χ2n) is 5.99. The quantitative estimate of drug-likeness (QED) is 0.906. The molecule has 0 bridgehead atoms. The maximum Gasteiger partial charge on any atom is 0.225 e. The van der Waals surface area contributed by atoms with Crippen molar-refractivity contribution in [1.29, 1.82) is 0 Å². The number of hydrogen-bond acceptors (Lipinski definition) is 4. The summed E-state index contributed by atoms with van der Waals surface area (Å²) >= 11 is 0. The van der Waals surface area contributed by atoms with Crippen LogP contribution in [-0.2, 0) is 11.3 Å². The molecule has 1 N–H and O–H groups in total. The van der Waals surface area contributed by atoms with Crippen LogP contribution in [0.15, 0.2) is 24.5 Å². The Bertz CT molecular complexity index is 456. The summed E-state index contributed by atoms with van der Waals surface area (Å²) in [7, 11) is 0. The number of nitrogens with zero attached hydrogens (tertiary/aromatic N) is 3. The van der Waals surface area contributed by atoms with Gasteiger partial charge in [-0.05, 0) is 37.6 Å². The summed E-state index contributed by atoms with van der Waals surface area (Å²) in [6.07, 6.45) is 5.72. The van der Waals surface area contributed by atoms with Crippen LogP contribution in [-0.4, -0.2) is 60.0 Å². The highest BCUT2D eigenvalue weighted by Gasteiger charge is 2.28. The van der Waals surface area contributed by atoms with Crippen molar-refractivity contribution in [2.75, 3.05) is 39.3 Å². The minimum atomic E-state index is 0. The van der Waals surface area contributed by atoms with Crippen LogP contribution in [0, 0.1) is 5.92 Å². The minimum absolute atomic E-state index is 0. The standard InChI is InChI=1S/C16H24N4O.ClH/c21-16(15-3-6-17-7-4-15)20-10-8-19(9-11-20)13-14-2-1-5-18-12-14;/h1-2,5,12,15,17H,3-4,6-11,13H2;1H. The normalized spacial score (nSPS) is 20.5. The zero-order valence-electron chi connectivity index (χ0n) is 12.9. The van der Waals surface area contributed by atoms with Crippen LogP contribution in [0.1, 0.15) is 18.4 Å². The van der Waals surface area contributed by atoms with Crippen molar-refractivity contribution in [3.63, 3.8) is 0 Å². The van der Waals surface area contributed by atoms with E-state index >= 15 is 0 Å². The second-order valence-corrected chi connectivity index (χ2v) is 5.99. The topological polar surface area (TPSA) is 48.5 Å².